The van der Waals surface area contributed by atoms with Gasteiger partial charge in [-0.3, -0.25) is 0 Å². The van der Waals surface area contributed by atoms with Crippen LogP contribution < -0.4 is 5.46 Å². The molecule has 2 N–H and O–H groups in total. The van der Waals surface area contributed by atoms with Crippen molar-refractivity contribution in [2.24, 2.45) is 23.7 Å². The van der Waals surface area contributed by atoms with Crippen molar-refractivity contribution in [2.45, 2.75) is 57.2 Å². The van der Waals surface area contributed by atoms with Crippen molar-refractivity contribution in [3.8, 4) is 0 Å². The van der Waals surface area contributed by atoms with Gasteiger partial charge in [0.05, 0.1) is 0 Å². The minimum absolute atomic E-state index is 0.319. The van der Waals surface area contributed by atoms with E-state index >= 15 is 0 Å². The summed E-state index contributed by atoms with van der Waals surface area (Å²) in [7, 11) is -1.61. The first-order valence-corrected chi connectivity index (χ1v) is 10.0. The molecule has 2 aromatic rings. The van der Waals surface area contributed by atoms with Gasteiger partial charge >= 0.3 is 7.12 Å². The lowest BCUT2D eigenvalue weighted by molar-refractivity contribution is -0.590. The van der Waals surface area contributed by atoms with Gasteiger partial charge in [0.15, 0.2) is 17.1 Å². The first kappa shape index (κ1) is 16.5. The van der Waals surface area contributed by atoms with Crippen LogP contribution in [0.3, 0.4) is 0 Å². The van der Waals surface area contributed by atoms with E-state index in [2.05, 4.69) is 11.9 Å². The van der Waals surface area contributed by atoms with E-state index in [9.17, 15) is 10.0 Å². The van der Waals surface area contributed by atoms with Crippen LogP contribution in [-0.4, -0.2) is 27.8 Å². The molecular formula is C20H24BNO5. The van der Waals surface area contributed by atoms with Crippen molar-refractivity contribution in [2.75, 3.05) is 0 Å². The van der Waals surface area contributed by atoms with Crippen molar-refractivity contribution in [1.29, 1.82) is 0 Å². The highest BCUT2D eigenvalue weighted by molar-refractivity contribution is 6.61. The van der Waals surface area contributed by atoms with Gasteiger partial charge in [-0.2, -0.15) is 0 Å². The van der Waals surface area contributed by atoms with Gasteiger partial charge in [0.2, 0.25) is 0 Å². The SMILES string of the molecule is Cc1nc2c(B(O)O)cc(C3(C)OOC34C3CC5CC(C3)CC4C5)cc2o1. The third-order valence-electron chi connectivity index (χ3n) is 7.90. The average Bonchev–Trinajstić information content (AvgIpc) is 2.98. The highest BCUT2D eigenvalue weighted by Gasteiger charge is 2.73. The van der Waals surface area contributed by atoms with Crippen molar-refractivity contribution >= 4 is 23.7 Å². The second kappa shape index (κ2) is 5.14. The lowest BCUT2D eigenvalue weighted by atomic mass is 9.45. The second-order valence-corrected chi connectivity index (χ2v) is 9.32. The Morgan fingerprint density at radius 1 is 1.04 bits per heavy atom. The molecule has 1 spiro atoms. The fourth-order valence-electron chi connectivity index (χ4n) is 6.97. The normalized spacial score (nSPS) is 42.1. The van der Waals surface area contributed by atoms with E-state index in [-0.39, 0.29) is 5.60 Å². The summed E-state index contributed by atoms with van der Waals surface area (Å²) in [6.07, 6.45) is 6.23. The smallest absolute Gasteiger partial charge is 0.441 e. The Bertz CT molecular complexity index is 912. The van der Waals surface area contributed by atoms with Gasteiger partial charge in [-0.1, -0.05) is 6.07 Å². The predicted molar refractivity (Wildman–Crippen MR) is 97.9 cm³/mol. The number of oxazole rings is 1. The molecule has 0 amide bonds. The summed E-state index contributed by atoms with van der Waals surface area (Å²) in [4.78, 5) is 16.2. The molecule has 1 aromatic carbocycles. The molecule has 1 aliphatic heterocycles. The Balaban J connectivity index is 1.50. The number of hydrogen-bond donors (Lipinski definition) is 2. The van der Waals surface area contributed by atoms with Gasteiger partial charge in [0.1, 0.15) is 11.1 Å². The number of fused-ring (bicyclic) bond motifs is 1. The van der Waals surface area contributed by atoms with Gasteiger partial charge in [-0.25, -0.2) is 14.8 Å². The molecule has 0 radical (unpaired) electrons. The zero-order valence-corrected chi connectivity index (χ0v) is 15.6. The van der Waals surface area contributed by atoms with Crippen LogP contribution in [0, 0.1) is 30.6 Å². The molecule has 1 atom stereocenters. The molecule has 27 heavy (non-hydrogen) atoms. The van der Waals surface area contributed by atoms with E-state index in [0.717, 1.165) is 17.4 Å². The largest absolute Gasteiger partial charge is 0.490 e. The third-order valence-corrected chi connectivity index (χ3v) is 7.90. The molecule has 1 saturated heterocycles. The molecule has 5 fully saturated rings. The number of benzene rings is 1. The van der Waals surface area contributed by atoms with Gasteiger partial charge in [0.25, 0.3) is 0 Å². The Hall–Kier alpha value is -1.41. The average molecular weight is 369 g/mol. The summed E-state index contributed by atoms with van der Waals surface area (Å²) in [5, 5.41) is 19.8. The van der Waals surface area contributed by atoms with E-state index < -0.39 is 12.7 Å². The van der Waals surface area contributed by atoms with Crippen LogP contribution in [0.1, 0.15) is 50.5 Å². The maximum atomic E-state index is 9.92. The van der Waals surface area contributed by atoms with Crippen molar-refractivity contribution in [1.82, 2.24) is 4.98 Å². The molecule has 4 aliphatic carbocycles. The minimum Gasteiger partial charge on any atom is -0.441 e. The van der Waals surface area contributed by atoms with Crippen LogP contribution in [0.25, 0.3) is 11.1 Å². The van der Waals surface area contributed by atoms with E-state index in [0.29, 0.717) is 34.3 Å². The number of aromatic nitrogens is 1. The zero-order chi connectivity index (χ0) is 18.6. The summed E-state index contributed by atoms with van der Waals surface area (Å²) in [6, 6.07) is 3.75. The highest BCUT2D eigenvalue weighted by atomic mass is 17.3. The van der Waals surface area contributed by atoms with Crippen LogP contribution in [-0.2, 0) is 15.4 Å². The monoisotopic (exact) mass is 369 g/mol. The van der Waals surface area contributed by atoms with Gasteiger partial charge in [-0.15, -0.1) is 0 Å². The Morgan fingerprint density at radius 3 is 2.26 bits per heavy atom. The number of hydrogen-bond acceptors (Lipinski definition) is 6. The summed E-state index contributed by atoms with van der Waals surface area (Å²) in [5.74, 6) is 3.18. The van der Waals surface area contributed by atoms with Crippen molar-refractivity contribution < 1.29 is 24.2 Å². The highest BCUT2D eigenvalue weighted by Crippen LogP contribution is 2.69. The van der Waals surface area contributed by atoms with E-state index in [4.69, 9.17) is 14.2 Å². The van der Waals surface area contributed by atoms with Crippen LogP contribution in [0.5, 0.6) is 0 Å². The van der Waals surface area contributed by atoms with E-state index in [1.807, 2.05) is 12.1 Å². The van der Waals surface area contributed by atoms with Crippen molar-refractivity contribution in [3.63, 3.8) is 0 Å². The first-order chi connectivity index (χ1) is 12.9. The molecule has 142 valence electrons. The maximum absolute atomic E-state index is 9.92. The molecule has 2 heterocycles. The molecule has 7 heteroatoms. The number of rotatable bonds is 2. The Kier molecular flexibility index (Phi) is 3.15. The van der Waals surface area contributed by atoms with Gasteiger partial charge < -0.3 is 14.5 Å². The van der Waals surface area contributed by atoms with Crippen LogP contribution >= 0.6 is 0 Å². The number of nitrogens with zero attached hydrogens (tertiary/aromatic N) is 1. The zero-order valence-electron chi connectivity index (χ0n) is 15.6. The van der Waals surface area contributed by atoms with Crippen LogP contribution in [0.15, 0.2) is 16.5 Å². The van der Waals surface area contributed by atoms with E-state index in [1.165, 1.54) is 32.1 Å². The molecule has 6 nitrogen and oxygen atoms in total. The van der Waals surface area contributed by atoms with Crippen molar-refractivity contribution in [3.05, 3.63) is 23.6 Å². The van der Waals surface area contributed by atoms with Gasteiger partial charge in [0, 0.05) is 12.4 Å². The fraction of sp³-hybridized carbons (Fsp3) is 0.650. The first-order valence-electron chi connectivity index (χ1n) is 10.0. The molecule has 4 saturated carbocycles. The summed E-state index contributed by atoms with van der Waals surface area (Å²) in [5.41, 5.74) is 1.36. The molecule has 4 bridgehead atoms. The molecular weight excluding hydrogens is 345 g/mol. The standard InChI is InChI=1S/C20H24BNO5/c1-10-22-18-16(21(23)24)8-13(9-17(18)25-10)19(2)20(27-26-19)14-4-11-3-12(6-14)7-15(20)5-11/h8-9,11-12,14-15,23-24H,3-7H2,1-2H3. The lowest BCUT2D eigenvalue weighted by Gasteiger charge is -2.69. The maximum Gasteiger partial charge on any atom is 0.490 e. The van der Waals surface area contributed by atoms with Crippen LogP contribution in [0.4, 0.5) is 0 Å². The number of aryl methyl sites for hydroxylation is 1. The summed E-state index contributed by atoms with van der Waals surface area (Å²) in [6.45, 7) is 3.86. The molecule has 1 aromatic heterocycles. The third kappa shape index (κ3) is 1.93. The molecule has 5 aliphatic rings. The molecule has 1 unspecified atom stereocenters. The Morgan fingerprint density at radius 2 is 1.70 bits per heavy atom. The summed E-state index contributed by atoms with van der Waals surface area (Å²) < 4.78 is 5.73. The quantitative estimate of drug-likeness (QED) is 0.624. The van der Waals surface area contributed by atoms with Crippen LogP contribution in [0.2, 0.25) is 0 Å². The Labute approximate surface area is 157 Å². The lowest BCUT2D eigenvalue weighted by Crippen LogP contribution is -2.75. The van der Waals surface area contributed by atoms with Gasteiger partial charge in [-0.05, 0) is 74.3 Å². The summed E-state index contributed by atoms with van der Waals surface area (Å²) >= 11 is 0. The topological polar surface area (TPSA) is 85.0 Å². The fourth-order valence-corrected chi connectivity index (χ4v) is 6.97. The minimum atomic E-state index is -1.61. The predicted octanol–water partition coefficient (Wildman–Crippen LogP) is 2.19. The molecule has 7 rings (SSSR count). The van der Waals surface area contributed by atoms with E-state index in [1.54, 1.807) is 6.92 Å². The second-order valence-electron chi connectivity index (χ2n) is 9.32.